The lowest BCUT2D eigenvalue weighted by Gasteiger charge is -2.04. The minimum absolute atomic E-state index is 0.0214. The van der Waals surface area contributed by atoms with Gasteiger partial charge < -0.3 is 10.2 Å². The minimum atomic E-state index is -0.349. The molecule has 0 saturated carbocycles. The Morgan fingerprint density at radius 3 is 2.58 bits per heavy atom. The van der Waals surface area contributed by atoms with Crippen LogP contribution in [0, 0.1) is 6.92 Å². The number of phenolic OH excluding ortho intramolecular Hbond substituents is 1. The van der Waals surface area contributed by atoms with E-state index in [0.717, 1.165) is 0 Å². The third kappa shape index (κ3) is 1.68. The van der Waals surface area contributed by atoms with Crippen LogP contribution in [-0.4, -0.2) is 15.3 Å². The van der Waals surface area contributed by atoms with Gasteiger partial charge in [0.25, 0.3) is 0 Å². The van der Waals surface area contributed by atoms with Crippen molar-refractivity contribution in [3.8, 4) is 5.75 Å². The van der Waals surface area contributed by atoms with Crippen LogP contribution in [0.15, 0.2) is 12.1 Å². The van der Waals surface area contributed by atoms with Crippen LogP contribution in [0.25, 0.3) is 0 Å². The second-order valence-corrected chi connectivity index (χ2v) is 3.25. The van der Waals surface area contributed by atoms with Gasteiger partial charge in [0.2, 0.25) is 0 Å². The molecule has 0 aromatic heterocycles. The van der Waals surface area contributed by atoms with E-state index in [-0.39, 0.29) is 16.4 Å². The zero-order valence-electron chi connectivity index (χ0n) is 6.34. The maximum atomic E-state index is 9.39. The highest BCUT2D eigenvalue weighted by atomic mass is 35.5. The monoisotopic (exact) mass is 202 g/mol. The summed E-state index contributed by atoms with van der Waals surface area (Å²) in [6.07, 6.45) is 0. The standard InChI is InChI=1S/C8H7ClO2S/c1-4-2-5(9)3-6(7(4)10)8(11)12/h2-3,10H,1H3,(H,11,12). The van der Waals surface area contributed by atoms with Crippen LogP contribution in [0.1, 0.15) is 11.1 Å². The van der Waals surface area contributed by atoms with Gasteiger partial charge in [0, 0.05) is 5.02 Å². The van der Waals surface area contributed by atoms with E-state index >= 15 is 0 Å². The van der Waals surface area contributed by atoms with E-state index in [9.17, 15) is 5.11 Å². The summed E-state index contributed by atoms with van der Waals surface area (Å²) < 4.78 is 0. The van der Waals surface area contributed by atoms with Gasteiger partial charge in [-0.3, -0.25) is 0 Å². The molecule has 0 radical (unpaired) electrons. The molecule has 0 unspecified atom stereocenters. The topological polar surface area (TPSA) is 40.5 Å². The molecule has 0 amide bonds. The van der Waals surface area contributed by atoms with Crippen molar-refractivity contribution >= 4 is 28.9 Å². The zero-order valence-corrected chi connectivity index (χ0v) is 7.91. The Morgan fingerprint density at radius 2 is 2.08 bits per heavy atom. The summed E-state index contributed by atoms with van der Waals surface area (Å²) in [4.78, 5) is 0. The Kier molecular flexibility index (Phi) is 2.55. The molecule has 0 heterocycles. The average Bonchev–Trinajstić information content (AvgIpc) is 1.96. The van der Waals surface area contributed by atoms with Crippen molar-refractivity contribution in [2.24, 2.45) is 0 Å². The molecule has 0 aliphatic carbocycles. The lowest BCUT2D eigenvalue weighted by molar-refractivity contribution is 0.466. The van der Waals surface area contributed by atoms with Crippen molar-refractivity contribution in [3.05, 3.63) is 28.3 Å². The minimum Gasteiger partial charge on any atom is -0.507 e. The fraction of sp³-hybridized carbons (Fsp3) is 0.125. The number of aromatic hydroxyl groups is 1. The molecule has 2 nitrogen and oxygen atoms in total. The van der Waals surface area contributed by atoms with E-state index in [2.05, 4.69) is 12.2 Å². The van der Waals surface area contributed by atoms with E-state index in [1.54, 1.807) is 13.0 Å². The largest absolute Gasteiger partial charge is 0.507 e. The van der Waals surface area contributed by atoms with Gasteiger partial charge in [-0.25, -0.2) is 0 Å². The van der Waals surface area contributed by atoms with Gasteiger partial charge in [0.05, 0.1) is 5.56 Å². The molecule has 2 N–H and O–H groups in total. The van der Waals surface area contributed by atoms with E-state index in [0.29, 0.717) is 10.6 Å². The summed E-state index contributed by atoms with van der Waals surface area (Å²) in [6.45, 7) is 1.68. The summed E-state index contributed by atoms with van der Waals surface area (Å²) >= 11 is 10.2. The molecule has 0 fully saturated rings. The summed E-state index contributed by atoms with van der Waals surface area (Å²) in [6, 6.07) is 3.02. The Hall–Kier alpha value is -0.800. The normalized spacial score (nSPS) is 9.83. The highest BCUT2D eigenvalue weighted by Crippen LogP contribution is 2.26. The molecule has 1 rings (SSSR count). The number of aliphatic hydroxyl groups is 1. The van der Waals surface area contributed by atoms with Crippen LogP contribution >= 0.6 is 23.8 Å². The van der Waals surface area contributed by atoms with Crippen molar-refractivity contribution in [2.75, 3.05) is 0 Å². The van der Waals surface area contributed by atoms with Crippen molar-refractivity contribution in [1.82, 2.24) is 0 Å². The molecule has 12 heavy (non-hydrogen) atoms. The Balaban J connectivity index is 3.37. The van der Waals surface area contributed by atoms with Crippen LogP contribution in [-0.2, 0) is 0 Å². The van der Waals surface area contributed by atoms with Crippen LogP contribution in [0.2, 0.25) is 5.02 Å². The quantitative estimate of drug-likeness (QED) is 0.688. The zero-order chi connectivity index (χ0) is 9.30. The molecule has 0 aliphatic heterocycles. The van der Waals surface area contributed by atoms with Crippen LogP contribution in [0.5, 0.6) is 5.75 Å². The Morgan fingerprint density at radius 1 is 1.50 bits per heavy atom. The van der Waals surface area contributed by atoms with Gasteiger partial charge in [0.1, 0.15) is 5.75 Å². The second-order valence-electron chi connectivity index (χ2n) is 2.42. The summed E-state index contributed by atoms with van der Waals surface area (Å²) in [7, 11) is 0. The maximum Gasteiger partial charge on any atom is 0.192 e. The molecule has 1 aromatic rings. The van der Waals surface area contributed by atoms with E-state index < -0.39 is 0 Å². The average molecular weight is 203 g/mol. The van der Waals surface area contributed by atoms with Gasteiger partial charge >= 0.3 is 0 Å². The Bertz CT molecular complexity index is 336. The fourth-order valence-electron chi connectivity index (χ4n) is 0.899. The molecule has 0 atom stereocenters. The molecule has 0 saturated heterocycles. The van der Waals surface area contributed by atoms with Gasteiger partial charge in [-0.15, -0.1) is 0 Å². The molecule has 0 aliphatic rings. The number of phenols is 1. The summed E-state index contributed by atoms with van der Waals surface area (Å²) in [5.74, 6) is -0.0214. The third-order valence-corrected chi connectivity index (χ3v) is 1.93. The van der Waals surface area contributed by atoms with Crippen molar-refractivity contribution < 1.29 is 10.2 Å². The molecule has 0 spiro atoms. The number of thiocarbonyl (C=S) groups is 1. The van der Waals surface area contributed by atoms with Crippen LogP contribution < -0.4 is 0 Å². The number of hydrogen-bond acceptors (Lipinski definition) is 2. The first-order chi connectivity index (χ1) is 5.52. The summed E-state index contributed by atoms with van der Waals surface area (Å²) in [5.41, 5.74) is 0.795. The van der Waals surface area contributed by atoms with Crippen LogP contribution in [0.4, 0.5) is 0 Å². The lowest BCUT2D eigenvalue weighted by Crippen LogP contribution is -1.96. The van der Waals surface area contributed by atoms with Crippen molar-refractivity contribution in [3.63, 3.8) is 0 Å². The first kappa shape index (κ1) is 9.29. The molecule has 64 valence electrons. The van der Waals surface area contributed by atoms with E-state index in [1.807, 2.05) is 0 Å². The van der Waals surface area contributed by atoms with Gasteiger partial charge in [0.15, 0.2) is 5.05 Å². The van der Waals surface area contributed by atoms with E-state index in [1.165, 1.54) is 6.07 Å². The van der Waals surface area contributed by atoms with Crippen molar-refractivity contribution in [1.29, 1.82) is 0 Å². The highest BCUT2D eigenvalue weighted by Gasteiger charge is 2.09. The molecular weight excluding hydrogens is 196 g/mol. The highest BCUT2D eigenvalue weighted by molar-refractivity contribution is 7.80. The molecule has 0 bridgehead atoms. The van der Waals surface area contributed by atoms with Gasteiger partial charge in [-0.2, -0.15) is 0 Å². The lowest BCUT2D eigenvalue weighted by atomic mass is 10.1. The number of aryl methyl sites for hydroxylation is 1. The molecule has 4 heteroatoms. The number of rotatable bonds is 1. The second kappa shape index (κ2) is 3.29. The summed E-state index contributed by atoms with van der Waals surface area (Å²) in [5, 5.41) is 18.4. The predicted molar refractivity (Wildman–Crippen MR) is 52.2 cm³/mol. The maximum absolute atomic E-state index is 9.39. The number of hydrogen-bond donors (Lipinski definition) is 2. The third-order valence-electron chi connectivity index (χ3n) is 1.50. The first-order valence-corrected chi connectivity index (χ1v) is 4.03. The Labute approximate surface area is 80.4 Å². The van der Waals surface area contributed by atoms with Gasteiger partial charge in [-0.1, -0.05) is 11.6 Å². The van der Waals surface area contributed by atoms with Crippen LogP contribution in [0.3, 0.4) is 0 Å². The van der Waals surface area contributed by atoms with Crippen molar-refractivity contribution in [2.45, 2.75) is 6.92 Å². The first-order valence-electron chi connectivity index (χ1n) is 3.25. The number of benzene rings is 1. The predicted octanol–water partition coefficient (Wildman–Crippen LogP) is 2.59. The number of halogens is 1. The fourth-order valence-corrected chi connectivity index (χ4v) is 1.33. The molecular formula is C8H7ClO2S. The SMILES string of the molecule is Cc1cc(Cl)cc(C(O)=S)c1O. The van der Waals surface area contributed by atoms with Gasteiger partial charge in [-0.05, 0) is 36.8 Å². The number of aliphatic hydroxyl groups excluding tert-OH is 1. The molecule has 1 aromatic carbocycles. The van der Waals surface area contributed by atoms with E-state index in [4.69, 9.17) is 16.7 Å². The smallest absolute Gasteiger partial charge is 0.192 e.